The molecule has 0 aromatic carbocycles. The molecule has 0 aliphatic heterocycles. The molecule has 9 nitrogen and oxygen atoms in total. The maximum atomic E-state index is 11.1. The fourth-order valence-electron chi connectivity index (χ4n) is 1.55. The van der Waals surface area contributed by atoms with Crippen molar-refractivity contribution in [3.8, 4) is 0 Å². The summed E-state index contributed by atoms with van der Waals surface area (Å²) in [5.41, 5.74) is 0. The molecule has 0 radical (unpaired) electrons. The number of aliphatic carboxylic acids is 1. The molecular weight excluding hydrogens is 312 g/mol. The summed E-state index contributed by atoms with van der Waals surface area (Å²) < 4.78 is 4.88. The first-order chi connectivity index (χ1) is 10.5. The lowest BCUT2D eigenvalue weighted by Crippen LogP contribution is -2.23. The van der Waals surface area contributed by atoms with Gasteiger partial charge in [-0.25, -0.2) is 4.98 Å². The molecule has 0 atom stereocenters. The molecule has 0 amide bonds. The molecule has 1 N–H and O–H groups in total. The second kappa shape index (κ2) is 6.89. The van der Waals surface area contributed by atoms with E-state index in [4.69, 9.17) is 4.42 Å². The van der Waals surface area contributed by atoms with Crippen LogP contribution in [0, 0.1) is 10.1 Å². The Labute approximate surface area is 128 Å². The number of thioether (sulfide) groups is 1. The number of nitrogens with one attached hydrogen (secondary N) is 1. The van der Waals surface area contributed by atoms with E-state index in [9.17, 15) is 20.0 Å². The number of nitro groups is 1. The van der Waals surface area contributed by atoms with Gasteiger partial charge in [0.15, 0.2) is 0 Å². The zero-order chi connectivity index (χ0) is 16.1. The Morgan fingerprint density at radius 2 is 2.32 bits per heavy atom. The minimum absolute atomic E-state index is 0.0303. The van der Waals surface area contributed by atoms with Gasteiger partial charge in [-0.15, -0.1) is 5.10 Å². The van der Waals surface area contributed by atoms with Crippen LogP contribution in [0.3, 0.4) is 0 Å². The molecule has 0 saturated carbocycles. The van der Waals surface area contributed by atoms with Crippen molar-refractivity contribution in [2.24, 2.45) is 0 Å². The highest BCUT2D eigenvalue weighted by Gasteiger charge is 2.13. The van der Waals surface area contributed by atoms with Crippen molar-refractivity contribution in [1.82, 2.24) is 15.2 Å². The Morgan fingerprint density at radius 3 is 2.91 bits per heavy atom. The second-order valence-corrected chi connectivity index (χ2v) is 5.15. The number of rotatable bonds is 7. The number of carboxylic acids is 1. The lowest BCUT2D eigenvalue weighted by atomic mass is 10.3. The maximum Gasteiger partial charge on any atom is 0.433 e. The monoisotopic (exact) mass is 323 g/mol. The molecule has 0 aliphatic carbocycles. The molecule has 0 spiro atoms. The van der Waals surface area contributed by atoms with E-state index >= 15 is 0 Å². The summed E-state index contributed by atoms with van der Waals surface area (Å²) in [6.07, 6.45) is 2.70. The molecule has 2 aromatic rings. The zero-order valence-electron chi connectivity index (χ0n) is 11.4. The number of carbonyl (C=O) groups excluding carboxylic acids is 1. The number of hydrogen-bond acceptors (Lipinski definition) is 8. The van der Waals surface area contributed by atoms with E-state index in [0.717, 1.165) is 30.3 Å². The number of hydrogen-bond donors (Lipinski definition) is 1. The van der Waals surface area contributed by atoms with Gasteiger partial charge >= 0.3 is 5.88 Å². The Bertz CT molecular complexity index is 721. The molecule has 0 aliphatic rings. The predicted octanol–water partition coefficient (Wildman–Crippen LogP) is 1.14. The van der Waals surface area contributed by atoms with Gasteiger partial charge in [0.05, 0.1) is 12.0 Å². The highest BCUT2D eigenvalue weighted by molar-refractivity contribution is 8.04. The average molecular weight is 323 g/mol. The molecule has 0 fully saturated rings. The summed E-state index contributed by atoms with van der Waals surface area (Å²) in [6, 6.07) is 2.43. The fraction of sp³-hybridized carbons (Fsp3) is 0.250. The van der Waals surface area contributed by atoms with E-state index in [0.29, 0.717) is 12.2 Å². The highest BCUT2D eigenvalue weighted by atomic mass is 32.2. The molecule has 116 valence electrons. The summed E-state index contributed by atoms with van der Waals surface area (Å²) in [6.45, 7) is 1.98. The minimum Gasteiger partial charge on any atom is -0.544 e. The van der Waals surface area contributed by atoms with E-state index in [1.807, 2.05) is 6.92 Å². The van der Waals surface area contributed by atoms with Crippen molar-refractivity contribution in [2.45, 2.75) is 24.9 Å². The van der Waals surface area contributed by atoms with Crippen molar-refractivity contribution in [1.29, 1.82) is 0 Å². The van der Waals surface area contributed by atoms with Gasteiger partial charge in [-0.1, -0.05) is 6.92 Å². The molecular formula is C12H11N4O5S-. The van der Waals surface area contributed by atoms with Gasteiger partial charge in [0, 0.05) is 11.3 Å². The fourth-order valence-corrected chi connectivity index (χ4v) is 2.25. The van der Waals surface area contributed by atoms with Crippen LogP contribution in [0.4, 0.5) is 5.88 Å². The van der Waals surface area contributed by atoms with Crippen LogP contribution in [0.15, 0.2) is 26.6 Å². The number of H-pyrrole nitrogens is 1. The molecule has 0 unspecified atom stereocenters. The van der Waals surface area contributed by atoms with Crippen LogP contribution in [-0.2, 0) is 11.2 Å². The van der Waals surface area contributed by atoms with Gasteiger partial charge in [0.25, 0.3) is 0 Å². The second-order valence-electron chi connectivity index (χ2n) is 4.15. The van der Waals surface area contributed by atoms with E-state index in [1.165, 1.54) is 6.07 Å². The Morgan fingerprint density at radius 1 is 1.55 bits per heavy atom. The molecule has 10 heteroatoms. The summed E-state index contributed by atoms with van der Waals surface area (Å²) in [4.78, 5) is 24.9. The Kier molecular flexibility index (Phi) is 4.94. The van der Waals surface area contributed by atoms with Crippen LogP contribution in [0.2, 0.25) is 0 Å². The third-order valence-corrected chi connectivity index (χ3v) is 3.34. The quantitative estimate of drug-likeness (QED) is 0.346. The van der Waals surface area contributed by atoms with Crippen LogP contribution in [0.5, 0.6) is 0 Å². The molecule has 22 heavy (non-hydrogen) atoms. The van der Waals surface area contributed by atoms with Gasteiger partial charge in [0.2, 0.25) is 5.16 Å². The van der Waals surface area contributed by atoms with Crippen molar-refractivity contribution >= 4 is 29.7 Å². The maximum absolute atomic E-state index is 11.1. The first-order valence-corrected chi connectivity index (χ1v) is 7.07. The Hall–Kier alpha value is -2.62. The normalized spacial score (nSPS) is 11.6. The number of aromatic amines is 1. The SMILES string of the molecule is CCCc1nc(S/C(=C\c2ccc([N+](=O)[O-])o2)C(=O)[O-])n[nH]1. The van der Waals surface area contributed by atoms with E-state index in [-0.39, 0.29) is 15.8 Å². The standard InChI is InChI=1S/C12H12N4O5S/c1-2-3-9-13-12(15-14-9)22-8(11(17)18)6-7-4-5-10(21-7)16(19)20/h4-6H,2-3H2,1H3,(H,17,18)(H,13,14,15)/p-1/b8-6-. The number of nitrogens with zero attached hydrogens (tertiary/aromatic N) is 3. The largest absolute Gasteiger partial charge is 0.544 e. The van der Waals surface area contributed by atoms with Gasteiger partial charge in [-0.3, -0.25) is 15.2 Å². The van der Waals surface area contributed by atoms with Crippen LogP contribution < -0.4 is 5.11 Å². The van der Waals surface area contributed by atoms with Crippen LogP contribution >= 0.6 is 11.8 Å². The third-order valence-electron chi connectivity index (χ3n) is 2.47. The van der Waals surface area contributed by atoms with Crippen molar-refractivity contribution in [2.75, 3.05) is 0 Å². The first-order valence-electron chi connectivity index (χ1n) is 6.26. The molecule has 0 bridgehead atoms. The van der Waals surface area contributed by atoms with Crippen LogP contribution in [0.1, 0.15) is 24.9 Å². The summed E-state index contributed by atoms with van der Waals surface area (Å²) in [5.74, 6) is -1.25. The minimum atomic E-state index is -1.45. The van der Waals surface area contributed by atoms with Crippen LogP contribution in [0.25, 0.3) is 6.08 Å². The third kappa shape index (κ3) is 3.95. The predicted molar refractivity (Wildman–Crippen MR) is 74.6 cm³/mol. The summed E-state index contributed by atoms with van der Waals surface area (Å²) in [7, 11) is 0. The van der Waals surface area contributed by atoms with Gasteiger partial charge in [0.1, 0.15) is 16.5 Å². The van der Waals surface area contributed by atoms with Crippen molar-refractivity contribution in [3.63, 3.8) is 0 Å². The lowest BCUT2D eigenvalue weighted by Gasteiger charge is -2.04. The van der Waals surface area contributed by atoms with E-state index < -0.39 is 16.8 Å². The number of furan rings is 1. The molecule has 2 aromatic heterocycles. The molecule has 2 heterocycles. The topological polar surface area (TPSA) is 138 Å². The number of aromatic nitrogens is 3. The van der Waals surface area contributed by atoms with E-state index in [2.05, 4.69) is 15.2 Å². The van der Waals surface area contributed by atoms with Crippen LogP contribution in [-0.4, -0.2) is 26.1 Å². The lowest BCUT2D eigenvalue weighted by molar-refractivity contribution is -0.402. The molecule has 0 saturated heterocycles. The number of carbonyl (C=O) groups is 1. The smallest absolute Gasteiger partial charge is 0.433 e. The number of carboxylic acid groups (broad SMARTS) is 1. The average Bonchev–Trinajstić information content (AvgIpc) is 3.08. The van der Waals surface area contributed by atoms with Gasteiger partial charge in [-0.05, 0) is 30.3 Å². The number of aryl methyl sites for hydroxylation is 1. The Balaban J connectivity index is 2.19. The van der Waals surface area contributed by atoms with E-state index in [1.54, 1.807) is 0 Å². The van der Waals surface area contributed by atoms with Crippen molar-refractivity contribution in [3.05, 3.63) is 38.7 Å². The summed E-state index contributed by atoms with van der Waals surface area (Å²) >= 11 is 0.772. The summed E-state index contributed by atoms with van der Waals surface area (Å²) in [5, 5.41) is 28.5. The zero-order valence-corrected chi connectivity index (χ0v) is 12.3. The van der Waals surface area contributed by atoms with Gasteiger partial charge < -0.3 is 14.3 Å². The first kappa shape index (κ1) is 15.8. The van der Waals surface area contributed by atoms with Crippen molar-refractivity contribution < 1.29 is 19.2 Å². The van der Waals surface area contributed by atoms with Gasteiger partial charge in [-0.2, -0.15) is 0 Å². The highest BCUT2D eigenvalue weighted by Crippen LogP contribution is 2.26. The molecule has 2 rings (SSSR count).